The molecule has 2 heteroatoms. The van der Waals surface area contributed by atoms with Gasteiger partial charge >= 0.3 is 5.97 Å². The van der Waals surface area contributed by atoms with E-state index in [-0.39, 0.29) is 0 Å². The van der Waals surface area contributed by atoms with Crippen molar-refractivity contribution in [1.29, 1.82) is 0 Å². The number of aliphatic carboxylic acids is 1. The molecule has 0 aliphatic rings. The van der Waals surface area contributed by atoms with Gasteiger partial charge in [-0.3, -0.25) is 4.79 Å². The summed E-state index contributed by atoms with van der Waals surface area (Å²) < 4.78 is 0. The van der Waals surface area contributed by atoms with E-state index in [9.17, 15) is 4.79 Å². The Labute approximate surface area is 74.3 Å². The highest BCUT2D eigenvalue weighted by molar-refractivity contribution is 5.76. The van der Waals surface area contributed by atoms with Gasteiger partial charge < -0.3 is 5.11 Å². The van der Waals surface area contributed by atoms with Gasteiger partial charge in [-0.25, -0.2) is 0 Å². The van der Waals surface area contributed by atoms with Crippen molar-refractivity contribution in [3.63, 3.8) is 0 Å². The van der Waals surface area contributed by atoms with Gasteiger partial charge in [-0.05, 0) is 13.3 Å². The summed E-state index contributed by atoms with van der Waals surface area (Å²) in [6, 6.07) is 0. The third kappa shape index (κ3) is 3.07. The molecule has 1 N–H and O–H groups in total. The monoisotopic (exact) mass is 170 g/mol. The summed E-state index contributed by atoms with van der Waals surface area (Å²) in [5.41, 5.74) is -0.727. The lowest BCUT2D eigenvalue weighted by Crippen LogP contribution is -2.24. The molecule has 12 heavy (non-hydrogen) atoms. The molecule has 70 valence electrons. The first-order valence-corrected chi connectivity index (χ1v) is 4.44. The molecule has 0 aromatic rings. The van der Waals surface area contributed by atoms with Crippen LogP contribution in [0.1, 0.15) is 39.5 Å². The topological polar surface area (TPSA) is 37.3 Å². The van der Waals surface area contributed by atoms with Crippen LogP contribution in [0.15, 0.2) is 12.7 Å². The van der Waals surface area contributed by atoms with Crippen molar-refractivity contribution in [2.24, 2.45) is 5.41 Å². The van der Waals surface area contributed by atoms with Crippen molar-refractivity contribution in [2.75, 3.05) is 0 Å². The van der Waals surface area contributed by atoms with Crippen molar-refractivity contribution >= 4 is 5.97 Å². The Morgan fingerprint density at radius 1 is 1.58 bits per heavy atom. The minimum atomic E-state index is -0.770. The summed E-state index contributed by atoms with van der Waals surface area (Å²) >= 11 is 0. The van der Waals surface area contributed by atoms with E-state index in [1.807, 2.05) is 0 Å². The second kappa shape index (κ2) is 4.96. The molecule has 0 amide bonds. The van der Waals surface area contributed by atoms with Crippen LogP contribution in [0.5, 0.6) is 0 Å². The third-order valence-corrected chi connectivity index (χ3v) is 2.24. The molecule has 0 aliphatic carbocycles. The Morgan fingerprint density at radius 3 is 2.50 bits per heavy atom. The molecule has 2 nitrogen and oxygen atoms in total. The highest BCUT2D eigenvalue weighted by Crippen LogP contribution is 2.25. The smallest absolute Gasteiger partial charge is 0.313 e. The van der Waals surface area contributed by atoms with Gasteiger partial charge in [0, 0.05) is 0 Å². The average molecular weight is 170 g/mol. The van der Waals surface area contributed by atoms with Crippen molar-refractivity contribution in [3.8, 4) is 0 Å². The number of unbranched alkanes of at least 4 members (excludes halogenated alkanes) is 2. The second-order valence-electron chi connectivity index (χ2n) is 3.38. The summed E-state index contributed by atoms with van der Waals surface area (Å²) in [6.07, 6.45) is 5.40. The normalized spacial score (nSPS) is 15.2. The van der Waals surface area contributed by atoms with Crippen molar-refractivity contribution < 1.29 is 9.90 Å². The number of carbonyl (C=O) groups is 1. The highest BCUT2D eigenvalue weighted by Gasteiger charge is 2.28. The minimum Gasteiger partial charge on any atom is -0.481 e. The lowest BCUT2D eigenvalue weighted by molar-refractivity contribution is -0.145. The maximum atomic E-state index is 10.8. The molecular formula is C10H18O2. The van der Waals surface area contributed by atoms with E-state index >= 15 is 0 Å². The molecule has 0 aliphatic heterocycles. The number of carboxylic acids is 1. The van der Waals surface area contributed by atoms with Gasteiger partial charge in [-0.1, -0.05) is 32.3 Å². The first-order valence-electron chi connectivity index (χ1n) is 4.44. The first kappa shape index (κ1) is 11.2. The van der Waals surface area contributed by atoms with Crippen LogP contribution in [-0.2, 0) is 4.79 Å². The number of hydrogen-bond acceptors (Lipinski definition) is 1. The maximum Gasteiger partial charge on any atom is 0.313 e. The molecule has 0 unspecified atom stereocenters. The zero-order valence-electron chi connectivity index (χ0n) is 7.97. The van der Waals surface area contributed by atoms with E-state index in [1.54, 1.807) is 6.92 Å². The summed E-state index contributed by atoms with van der Waals surface area (Å²) in [7, 11) is 0. The molecular weight excluding hydrogens is 152 g/mol. The molecule has 1 atom stereocenters. The summed E-state index contributed by atoms with van der Waals surface area (Å²) in [4.78, 5) is 10.8. The zero-order valence-corrected chi connectivity index (χ0v) is 7.97. The Kier molecular flexibility index (Phi) is 4.64. The fourth-order valence-corrected chi connectivity index (χ4v) is 1.04. The van der Waals surface area contributed by atoms with E-state index < -0.39 is 11.4 Å². The van der Waals surface area contributed by atoms with Crippen LogP contribution in [-0.4, -0.2) is 11.1 Å². The molecule has 0 saturated carbocycles. The first-order chi connectivity index (χ1) is 5.56. The molecule has 0 spiro atoms. The molecule has 0 saturated heterocycles. The van der Waals surface area contributed by atoms with Crippen LogP contribution in [0.3, 0.4) is 0 Å². The van der Waals surface area contributed by atoms with Crippen LogP contribution < -0.4 is 0 Å². The highest BCUT2D eigenvalue weighted by atomic mass is 16.4. The van der Waals surface area contributed by atoms with Crippen LogP contribution in [0, 0.1) is 5.41 Å². The largest absolute Gasteiger partial charge is 0.481 e. The maximum absolute atomic E-state index is 10.8. The van der Waals surface area contributed by atoms with Crippen molar-refractivity contribution in [3.05, 3.63) is 12.7 Å². The fourth-order valence-electron chi connectivity index (χ4n) is 1.04. The van der Waals surface area contributed by atoms with Gasteiger partial charge in [-0.2, -0.15) is 0 Å². The van der Waals surface area contributed by atoms with E-state index in [0.717, 1.165) is 19.3 Å². The third-order valence-electron chi connectivity index (χ3n) is 2.24. The van der Waals surface area contributed by atoms with Crippen molar-refractivity contribution in [1.82, 2.24) is 0 Å². The average Bonchev–Trinajstić information content (AvgIpc) is 2.04. The minimum absolute atomic E-state index is 0.694. The molecule has 0 aromatic carbocycles. The number of carboxylic acid groups (broad SMARTS) is 1. The van der Waals surface area contributed by atoms with E-state index in [0.29, 0.717) is 6.42 Å². The second-order valence-corrected chi connectivity index (χ2v) is 3.38. The van der Waals surface area contributed by atoms with Crippen LogP contribution in [0.2, 0.25) is 0 Å². The summed E-state index contributed by atoms with van der Waals surface area (Å²) in [6.45, 7) is 7.38. The molecule has 0 heterocycles. The van der Waals surface area contributed by atoms with E-state index in [1.165, 1.54) is 6.08 Å². The van der Waals surface area contributed by atoms with Gasteiger partial charge in [0.25, 0.3) is 0 Å². The zero-order chi connectivity index (χ0) is 9.61. The SMILES string of the molecule is C=C[C@@](C)(CCCCC)C(=O)O. The number of rotatable bonds is 6. The van der Waals surface area contributed by atoms with E-state index in [2.05, 4.69) is 13.5 Å². The van der Waals surface area contributed by atoms with Crippen LogP contribution in [0.25, 0.3) is 0 Å². The molecule has 0 rings (SSSR count). The number of hydrogen-bond donors (Lipinski definition) is 1. The summed E-state index contributed by atoms with van der Waals surface area (Å²) in [5, 5.41) is 8.86. The van der Waals surface area contributed by atoms with Crippen molar-refractivity contribution in [2.45, 2.75) is 39.5 Å². The van der Waals surface area contributed by atoms with Gasteiger partial charge in [0.05, 0.1) is 5.41 Å². The lowest BCUT2D eigenvalue weighted by atomic mass is 9.85. The van der Waals surface area contributed by atoms with Gasteiger partial charge in [0.2, 0.25) is 0 Å². The van der Waals surface area contributed by atoms with Crippen LogP contribution >= 0.6 is 0 Å². The van der Waals surface area contributed by atoms with Gasteiger partial charge in [0.1, 0.15) is 0 Å². The van der Waals surface area contributed by atoms with Gasteiger partial charge in [-0.15, -0.1) is 6.58 Å². The predicted molar refractivity (Wildman–Crippen MR) is 50.1 cm³/mol. The summed E-state index contributed by atoms with van der Waals surface area (Å²) in [5.74, 6) is -0.770. The molecule has 0 aromatic heterocycles. The Balaban J connectivity index is 3.97. The lowest BCUT2D eigenvalue weighted by Gasteiger charge is -2.19. The molecule has 0 radical (unpaired) electrons. The Bertz CT molecular complexity index is 163. The fraction of sp³-hybridized carbons (Fsp3) is 0.700. The van der Waals surface area contributed by atoms with E-state index in [4.69, 9.17) is 5.11 Å². The van der Waals surface area contributed by atoms with Gasteiger partial charge in [0.15, 0.2) is 0 Å². The molecule has 0 bridgehead atoms. The Morgan fingerprint density at radius 2 is 2.17 bits per heavy atom. The Hall–Kier alpha value is -0.790. The standard InChI is InChI=1S/C10H18O2/c1-4-6-7-8-10(3,5-2)9(11)12/h5H,2,4,6-8H2,1,3H3,(H,11,12)/t10-/m0/s1. The quantitative estimate of drug-likeness (QED) is 0.491. The predicted octanol–water partition coefficient (Wildman–Crippen LogP) is 2.84. The molecule has 0 fully saturated rings. The van der Waals surface area contributed by atoms with Crippen LogP contribution in [0.4, 0.5) is 0 Å².